The number of carboxylic acid groups (broad SMARTS) is 1. The molecule has 1 fully saturated rings. The van der Waals surface area contributed by atoms with Crippen LogP contribution in [-0.4, -0.2) is 33.3 Å². The summed E-state index contributed by atoms with van der Waals surface area (Å²) in [5.41, 5.74) is 0.396. The van der Waals surface area contributed by atoms with E-state index in [1.807, 2.05) is 6.92 Å². The van der Waals surface area contributed by atoms with Crippen LogP contribution in [0.1, 0.15) is 24.4 Å². The van der Waals surface area contributed by atoms with Crippen molar-refractivity contribution in [3.05, 3.63) is 44.6 Å². The molecule has 0 bridgehead atoms. The highest BCUT2D eigenvalue weighted by Gasteiger charge is 2.22. The Labute approximate surface area is 132 Å². The van der Waals surface area contributed by atoms with Gasteiger partial charge in [0.05, 0.1) is 10.9 Å². The first kappa shape index (κ1) is 15.5. The molecule has 2 aromatic rings. The van der Waals surface area contributed by atoms with Gasteiger partial charge in [0.15, 0.2) is 0 Å². The molecule has 0 unspecified atom stereocenters. The van der Waals surface area contributed by atoms with Gasteiger partial charge >= 0.3 is 11.7 Å². The fourth-order valence-corrected chi connectivity index (χ4v) is 3.18. The summed E-state index contributed by atoms with van der Waals surface area (Å²) in [7, 11) is 0. The molecule has 7 heteroatoms. The number of aliphatic carboxylic acids is 1. The first-order valence-electron chi connectivity index (χ1n) is 7.67. The van der Waals surface area contributed by atoms with Gasteiger partial charge in [-0.05, 0) is 45.0 Å². The van der Waals surface area contributed by atoms with Crippen LogP contribution >= 0.6 is 0 Å². The van der Waals surface area contributed by atoms with E-state index in [0.717, 1.165) is 18.7 Å². The standard InChI is InChI=1S/C16H19N3O4/c1-10-2-3-13-12(8-10)15(22)19(11-4-6-17-7-5-11)16(23)18(13)9-14(20)21/h2-3,8,11,17H,4-7,9H2,1H3,(H,20,21). The predicted molar refractivity (Wildman–Crippen MR) is 86.0 cm³/mol. The molecule has 1 aromatic carbocycles. The summed E-state index contributed by atoms with van der Waals surface area (Å²) in [4.78, 5) is 36.7. The van der Waals surface area contributed by atoms with Crippen molar-refractivity contribution in [1.82, 2.24) is 14.5 Å². The number of carboxylic acids is 1. The summed E-state index contributed by atoms with van der Waals surface area (Å²) >= 11 is 0. The van der Waals surface area contributed by atoms with Gasteiger partial charge in [0.2, 0.25) is 0 Å². The maximum Gasteiger partial charge on any atom is 0.332 e. The van der Waals surface area contributed by atoms with Crippen LogP contribution in [0.4, 0.5) is 0 Å². The molecule has 1 aliphatic heterocycles. The third-order valence-electron chi connectivity index (χ3n) is 4.30. The van der Waals surface area contributed by atoms with Crippen LogP contribution in [0, 0.1) is 6.92 Å². The van der Waals surface area contributed by atoms with Crippen LogP contribution in [0.25, 0.3) is 10.9 Å². The molecule has 2 heterocycles. The third kappa shape index (κ3) is 2.79. The van der Waals surface area contributed by atoms with Gasteiger partial charge in [-0.15, -0.1) is 0 Å². The number of nitrogens with one attached hydrogen (secondary N) is 1. The lowest BCUT2D eigenvalue weighted by atomic mass is 10.1. The number of aryl methyl sites for hydroxylation is 1. The molecule has 0 saturated carbocycles. The Morgan fingerprint density at radius 2 is 2.00 bits per heavy atom. The highest BCUT2D eigenvalue weighted by Crippen LogP contribution is 2.17. The van der Waals surface area contributed by atoms with Gasteiger partial charge in [0.25, 0.3) is 5.56 Å². The number of aromatic nitrogens is 2. The molecule has 3 rings (SSSR count). The second kappa shape index (κ2) is 6.00. The Bertz CT molecular complexity index is 875. The topological polar surface area (TPSA) is 93.3 Å². The molecule has 0 radical (unpaired) electrons. The van der Waals surface area contributed by atoms with E-state index in [9.17, 15) is 14.4 Å². The van der Waals surface area contributed by atoms with Crippen molar-refractivity contribution in [1.29, 1.82) is 0 Å². The highest BCUT2D eigenvalue weighted by molar-refractivity contribution is 5.80. The van der Waals surface area contributed by atoms with Gasteiger partial charge in [0, 0.05) is 6.04 Å². The van der Waals surface area contributed by atoms with Crippen molar-refractivity contribution < 1.29 is 9.90 Å². The van der Waals surface area contributed by atoms with Crippen LogP contribution < -0.4 is 16.6 Å². The monoisotopic (exact) mass is 317 g/mol. The van der Waals surface area contributed by atoms with E-state index in [-0.39, 0.29) is 11.6 Å². The summed E-state index contributed by atoms with van der Waals surface area (Å²) in [6, 6.07) is 4.94. The van der Waals surface area contributed by atoms with Gasteiger partial charge < -0.3 is 10.4 Å². The number of nitrogens with zero attached hydrogens (tertiary/aromatic N) is 2. The molecule has 0 amide bonds. The first-order chi connectivity index (χ1) is 11.0. The Hall–Kier alpha value is -2.41. The zero-order chi connectivity index (χ0) is 16.6. The fraction of sp³-hybridized carbons (Fsp3) is 0.438. The van der Waals surface area contributed by atoms with Crippen molar-refractivity contribution in [3.63, 3.8) is 0 Å². The quantitative estimate of drug-likeness (QED) is 0.859. The molecule has 7 nitrogen and oxygen atoms in total. The molecule has 1 aromatic heterocycles. The van der Waals surface area contributed by atoms with Crippen molar-refractivity contribution in [2.24, 2.45) is 0 Å². The smallest absolute Gasteiger partial charge is 0.332 e. The minimum absolute atomic E-state index is 0.193. The molecule has 122 valence electrons. The number of hydrogen-bond acceptors (Lipinski definition) is 4. The minimum Gasteiger partial charge on any atom is -0.480 e. The number of benzene rings is 1. The number of fused-ring (bicyclic) bond motifs is 1. The number of rotatable bonds is 3. The van der Waals surface area contributed by atoms with E-state index in [1.54, 1.807) is 18.2 Å². The molecule has 0 aliphatic carbocycles. The molecular weight excluding hydrogens is 298 g/mol. The van der Waals surface area contributed by atoms with Crippen molar-refractivity contribution in [3.8, 4) is 0 Å². The number of hydrogen-bond donors (Lipinski definition) is 2. The average Bonchev–Trinajstić information content (AvgIpc) is 2.52. The lowest BCUT2D eigenvalue weighted by Crippen LogP contribution is -2.45. The van der Waals surface area contributed by atoms with Crippen LogP contribution in [0.5, 0.6) is 0 Å². The van der Waals surface area contributed by atoms with E-state index < -0.39 is 18.2 Å². The SMILES string of the molecule is Cc1ccc2c(c1)c(=O)n(C1CCNCC1)c(=O)n2CC(=O)O. The molecule has 0 atom stereocenters. The normalized spacial score (nSPS) is 15.9. The summed E-state index contributed by atoms with van der Waals surface area (Å²) < 4.78 is 2.42. The van der Waals surface area contributed by atoms with Crippen molar-refractivity contribution in [2.75, 3.05) is 13.1 Å². The Balaban J connectivity index is 2.32. The Kier molecular flexibility index (Phi) is 4.04. The first-order valence-corrected chi connectivity index (χ1v) is 7.67. The highest BCUT2D eigenvalue weighted by atomic mass is 16.4. The number of carbonyl (C=O) groups is 1. The van der Waals surface area contributed by atoms with E-state index in [1.165, 1.54) is 9.13 Å². The molecule has 0 spiro atoms. The average molecular weight is 317 g/mol. The Morgan fingerprint density at radius 1 is 1.30 bits per heavy atom. The summed E-state index contributed by atoms with van der Waals surface area (Å²) in [5, 5.41) is 12.7. The summed E-state index contributed by atoms with van der Waals surface area (Å²) in [6.07, 6.45) is 1.36. The zero-order valence-corrected chi connectivity index (χ0v) is 12.9. The number of piperidine rings is 1. The Morgan fingerprint density at radius 3 is 2.65 bits per heavy atom. The molecule has 1 aliphatic rings. The van der Waals surface area contributed by atoms with E-state index >= 15 is 0 Å². The van der Waals surface area contributed by atoms with Crippen LogP contribution in [0.3, 0.4) is 0 Å². The van der Waals surface area contributed by atoms with Gasteiger partial charge in [-0.3, -0.25) is 18.7 Å². The van der Waals surface area contributed by atoms with E-state index in [4.69, 9.17) is 5.11 Å². The van der Waals surface area contributed by atoms with Crippen LogP contribution in [0.15, 0.2) is 27.8 Å². The second-order valence-corrected chi connectivity index (χ2v) is 5.94. The lowest BCUT2D eigenvalue weighted by molar-refractivity contribution is -0.137. The van der Waals surface area contributed by atoms with Gasteiger partial charge in [0.1, 0.15) is 6.54 Å². The second-order valence-electron chi connectivity index (χ2n) is 5.94. The van der Waals surface area contributed by atoms with Crippen molar-refractivity contribution >= 4 is 16.9 Å². The van der Waals surface area contributed by atoms with Gasteiger partial charge in [-0.1, -0.05) is 11.6 Å². The zero-order valence-electron chi connectivity index (χ0n) is 12.9. The van der Waals surface area contributed by atoms with Crippen molar-refractivity contribution in [2.45, 2.75) is 32.4 Å². The molecule has 23 heavy (non-hydrogen) atoms. The minimum atomic E-state index is -1.11. The summed E-state index contributed by atoms with van der Waals surface area (Å²) in [6.45, 7) is 2.88. The predicted octanol–water partition coefficient (Wildman–Crippen LogP) is 0.481. The van der Waals surface area contributed by atoms with Crippen LogP contribution in [0.2, 0.25) is 0 Å². The van der Waals surface area contributed by atoms with Gasteiger partial charge in [-0.25, -0.2) is 4.79 Å². The molecule has 1 saturated heterocycles. The van der Waals surface area contributed by atoms with Crippen LogP contribution in [-0.2, 0) is 11.3 Å². The largest absolute Gasteiger partial charge is 0.480 e. The maximum atomic E-state index is 12.8. The van der Waals surface area contributed by atoms with E-state index in [2.05, 4.69) is 5.32 Å². The summed E-state index contributed by atoms with van der Waals surface area (Å²) in [5.74, 6) is -1.11. The molecule has 2 N–H and O–H groups in total. The fourth-order valence-electron chi connectivity index (χ4n) is 3.18. The third-order valence-corrected chi connectivity index (χ3v) is 4.30. The molecular formula is C16H19N3O4. The lowest BCUT2D eigenvalue weighted by Gasteiger charge is -2.25. The maximum absolute atomic E-state index is 12.8. The van der Waals surface area contributed by atoms with Gasteiger partial charge in [-0.2, -0.15) is 0 Å². The van der Waals surface area contributed by atoms with E-state index in [0.29, 0.717) is 23.7 Å².